The van der Waals surface area contributed by atoms with Crippen LogP contribution in [0.1, 0.15) is 70.4 Å². The molecule has 0 bridgehead atoms. The van der Waals surface area contributed by atoms with Gasteiger partial charge in [0.1, 0.15) is 17.3 Å². The van der Waals surface area contributed by atoms with Gasteiger partial charge in [0.2, 0.25) is 0 Å². The summed E-state index contributed by atoms with van der Waals surface area (Å²) in [6.45, 7) is 6.68. The Morgan fingerprint density at radius 3 is 2.35 bits per heavy atom. The van der Waals surface area contributed by atoms with Crippen molar-refractivity contribution in [1.29, 1.82) is 0 Å². The zero-order chi connectivity index (χ0) is 31.0. The molecule has 0 heterocycles. The number of carbonyl (C=O) groups excluding carboxylic acids is 2. The molecule has 3 rings (SSSR count). The molecule has 0 spiro atoms. The van der Waals surface area contributed by atoms with Crippen LogP contribution in [0.25, 0.3) is 11.1 Å². The monoisotopic (exact) mass is 704 g/mol. The van der Waals surface area contributed by atoms with Crippen molar-refractivity contribution >= 4 is 34.5 Å². The Labute approximate surface area is 268 Å². The molecule has 0 saturated heterocycles. The van der Waals surface area contributed by atoms with E-state index in [-0.39, 0.29) is 24.2 Å². The van der Waals surface area contributed by atoms with Gasteiger partial charge >= 0.3 is 11.9 Å². The van der Waals surface area contributed by atoms with Crippen molar-refractivity contribution < 1.29 is 32.9 Å². The number of aryl methyl sites for hydroxylation is 1. The lowest BCUT2D eigenvalue weighted by Crippen LogP contribution is -2.29. The highest BCUT2D eigenvalue weighted by Gasteiger charge is 2.22. The zero-order valence-corrected chi connectivity index (χ0v) is 27.5. The first kappa shape index (κ1) is 34.4. The van der Waals surface area contributed by atoms with Gasteiger partial charge in [-0.15, -0.1) is 0 Å². The van der Waals surface area contributed by atoms with Gasteiger partial charge < -0.3 is 18.9 Å². The number of hydrogen-bond acceptors (Lipinski definition) is 6. The highest BCUT2D eigenvalue weighted by Crippen LogP contribution is 2.29. The third kappa shape index (κ3) is 11.5. The lowest BCUT2D eigenvalue weighted by molar-refractivity contribution is -0.151. The Bertz CT molecular complexity index is 1330. The first-order chi connectivity index (χ1) is 20.8. The average molecular weight is 705 g/mol. The number of carbonyl (C=O) groups is 2. The normalized spacial score (nSPS) is 11.6. The van der Waals surface area contributed by atoms with Gasteiger partial charge in [0.25, 0.3) is 0 Å². The second kappa shape index (κ2) is 18.5. The van der Waals surface area contributed by atoms with E-state index in [2.05, 4.69) is 28.7 Å². The van der Waals surface area contributed by atoms with Gasteiger partial charge in [0.15, 0.2) is 6.10 Å². The van der Waals surface area contributed by atoms with Crippen molar-refractivity contribution in [2.45, 2.75) is 78.2 Å². The van der Waals surface area contributed by atoms with E-state index in [1.54, 1.807) is 19.9 Å². The fraction of sp³-hybridized carbons (Fsp3) is 0.429. The molecule has 1 atom stereocenters. The fourth-order valence-corrected chi connectivity index (χ4v) is 5.47. The first-order valence-electron chi connectivity index (χ1n) is 15.1. The minimum Gasteiger partial charge on any atom is -0.494 e. The van der Waals surface area contributed by atoms with E-state index in [9.17, 15) is 14.0 Å². The molecule has 6 nitrogen and oxygen atoms in total. The van der Waals surface area contributed by atoms with Gasteiger partial charge in [-0.3, -0.25) is 4.79 Å². The van der Waals surface area contributed by atoms with E-state index in [0.29, 0.717) is 38.4 Å². The zero-order valence-electron chi connectivity index (χ0n) is 25.3. The summed E-state index contributed by atoms with van der Waals surface area (Å²) in [5.41, 5.74) is 3.80. The second-order valence-corrected chi connectivity index (χ2v) is 11.4. The van der Waals surface area contributed by atoms with Gasteiger partial charge in [0, 0.05) is 9.99 Å². The molecule has 8 heteroatoms. The summed E-state index contributed by atoms with van der Waals surface area (Å²) >= 11 is 2.25. The highest BCUT2D eigenvalue weighted by molar-refractivity contribution is 14.1. The quantitative estimate of drug-likeness (QED) is 0.0752. The number of esters is 2. The third-order valence-electron chi connectivity index (χ3n) is 6.94. The van der Waals surface area contributed by atoms with E-state index in [4.69, 9.17) is 18.9 Å². The molecule has 0 amide bonds. The van der Waals surface area contributed by atoms with Gasteiger partial charge in [-0.05, 0) is 127 Å². The second-order valence-electron chi connectivity index (χ2n) is 10.2. The van der Waals surface area contributed by atoms with Gasteiger partial charge in [-0.2, -0.15) is 0 Å². The average Bonchev–Trinajstić information content (AvgIpc) is 2.98. The van der Waals surface area contributed by atoms with Gasteiger partial charge in [-0.25, -0.2) is 9.18 Å². The largest absolute Gasteiger partial charge is 0.494 e. The molecular formula is C35H42FIO6. The van der Waals surface area contributed by atoms with Crippen LogP contribution in [0.15, 0.2) is 60.7 Å². The molecule has 0 saturated carbocycles. The highest BCUT2D eigenvalue weighted by atomic mass is 127. The van der Waals surface area contributed by atoms with Crippen molar-refractivity contribution in [3.8, 4) is 22.6 Å². The predicted octanol–water partition coefficient (Wildman–Crippen LogP) is 8.50. The summed E-state index contributed by atoms with van der Waals surface area (Å²) < 4.78 is 37.2. The Kier molecular flexibility index (Phi) is 14.8. The van der Waals surface area contributed by atoms with Crippen LogP contribution in [0.3, 0.4) is 0 Å². The minimum atomic E-state index is -0.700. The molecule has 3 aromatic rings. The molecule has 0 fully saturated rings. The molecule has 232 valence electrons. The number of halogens is 2. The molecule has 0 aliphatic carbocycles. The van der Waals surface area contributed by atoms with Crippen molar-refractivity contribution in [1.82, 2.24) is 0 Å². The Hall–Kier alpha value is -3.14. The van der Waals surface area contributed by atoms with Crippen LogP contribution >= 0.6 is 22.6 Å². The van der Waals surface area contributed by atoms with Crippen molar-refractivity contribution in [2.75, 3.05) is 19.8 Å². The summed E-state index contributed by atoms with van der Waals surface area (Å²) in [7, 11) is 0. The summed E-state index contributed by atoms with van der Waals surface area (Å²) in [6, 6.07) is 18.4. The number of hydrogen-bond donors (Lipinski definition) is 0. The van der Waals surface area contributed by atoms with E-state index in [0.717, 1.165) is 63.7 Å². The Morgan fingerprint density at radius 2 is 1.60 bits per heavy atom. The van der Waals surface area contributed by atoms with Crippen molar-refractivity contribution in [2.24, 2.45) is 0 Å². The summed E-state index contributed by atoms with van der Waals surface area (Å²) in [4.78, 5) is 24.5. The summed E-state index contributed by atoms with van der Waals surface area (Å²) in [5, 5.41) is 0. The topological polar surface area (TPSA) is 71.1 Å². The van der Waals surface area contributed by atoms with Crippen LogP contribution < -0.4 is 9.47 Å². The summed E-state index contributed by atoms with van der Waals surface area (Å²) in [5.74, 6) is 0.500. The molecule has 0 aliphatic rings. The van der Waals surface area contributed by atoms with Gasteiger partial charge in [0.05, 0.1) is 19.8 Å². The van der Waals surface area contributed by atoms with Crippen LogP contribution in [0.2, 0.25) is 0 Å². The molecule has 43 heavy (non-hydrogen) atoms. The standard InChI is InChI=1S/C35H42FIO6/c1-4-32(35(39)41-6-3)43-33-17-12-14-25(31(33)18-19-34(38)40-5-2)13-9-7-8-10-20-42-30-23-27(22-29(37)24-30)26-15-11-16-28(36)21-26/h11-12,14-17,21-24,32H,4-10,13,18-20H2,1-3H3. The smallest absolute Gasteiger partial charge is 0.347 e. The van der Waals surface area contributed by atoms with E-state index in [1.165, 1.54) is 12.1 Å². The van der Waals surface area contributed by atoms with Gasteiger partial charge in [-0.1, -0.05) is 44.0 Å². The third-order valence-corrected chi connectivity index (χ3v) is 7.57. The van der Waals surface area contributed by atoms with Crippen LogP contribution in [-0.2, 0) is 31.9 Å². The molecule has 0 N–H and O–H groups in total. The lowest BCUT2D eigenvalue weighted by atomic mass is 9.96. The Morgan fingerprint density at radius 1 is 0.837 bits per heavy atom. The Balaban J connectivity index is 1.55. The van der Waals surface area contributed by atoms with Crippen molar-refractivity contribution in [3.05, 3.63) is 81.2 Å². The maximum absolute atomic E-state index is 13.7. The minimum absolute atomic E-state index is 0.244. The summed E-state index contributed by atoms with van der Waals surface area (Å²) in [6.07, 6.45) is 5.25. The molecule has 3 aromatic carbocycles. The first-order valence-corrected chi connectivity index (χ1v) is 16.2. The van der Waals surface area contributed by atoms with Crippen LogP contribution in [0.4, 0.5) is 4.39 Å². The predicted molar refractivity (Wildman–Crippen MR) is 175 cm³/mol. The van der Waals surface area contributed by atoms with Crippen LogP contribution in [0.5, 0.6) is 11.5 Å². The van der Waals surface area contributed by atoms with Crippen molar-refractivity contribution in [3.63, 3.8) is 0 Å². The van der Waals surface area contributed by atoms with E-state index >= 15 is 0 Å². The van der Waals surface area contributed by atoms with Crippen LogP contribution in [-0.4, -0.2) is 37.9 Å². The maximum Gasteiger partial charge on any atom is 0.347 e. The SMILES string of the molecule is CCOC(=O)CCc1c(CCCCCCOc2cc(I)cc(-c3cccc(F)c3)c2)cccc1OC(CC)C(=O)OCC. The number of rotatable bonds is 18. The fourth-order valence-electron chi connectivity index (χ4n) is 4.83. The number of benzene rings is 3. The number of ether oxygens (including phenoxy) is 4. The number of unbranched alkanes of at least 4 members (excludes halogenated alkanes) is 3. The molecule has 0 aliphatic heterocycles. The molecular weight excluding hydrogens is 662 g/mol. The molecule has 1 unspecified atom stereocenters. The van der Waals surface area contributed by atoms with Crippen LogP contribution in [0, 0.1) is 9.39 Å². The van der Waals surface area contributed by atoms with E-state index < -0.39 is 6.10 Å². The molecule has 0 radical (unpaired) electrons. The van der Waals surface area contributed by atoms with E-state index in [1.807, 2.05) is 43.3 Å². The lowest BCUT2D eigenvalue weighted by Gasteiger charge is -2.20. The maximum atomic E-state index is 13.7. The molecule has 0 aromatic heterocycles.